The summed E-state index contributed by atoms with van der Waals surface area (Å²) in [7, 11) is -3.75. The fourth-order valence-corrected chi connectivity index (χ4v) is 6.11. The van der Waals surface area contributed by atoms with Gasteiger partial charge in [0, 0.05) is 39.3 Å². The standard InChI is InChI=1S/C22H29N5O5S/c1-15-7-6-8-18(21(28)25-9-4-5-10-25)19(15)23-22(29)26-11-13-27(14-12-26)33(30,31)20-16(2)24-32-17(20)3/h6-8H,4-5,9-14H2,1-3H3,(H,23,29). The number of benzene rings is 1. The largest absolute Gasteiger partial charge is 0.360 e. The van der Waals surface area contributed by atoms with E-state index in [9.17, 15) is 18.0 Å². The van der Waals surface area contributed by atoms with Crippen LogP contribution in [0.5, 0.6) is 0 Å². The Morgan fingerprint density at radius 1 is 0.970 bits per heavy atom. The Hall–Kier alpha value is -2.92. The molecule has 0 saturated carbocycles. The minimum absolute atomic E-state index is 0.0816. The number of nitrogens with zero attached hydrogens (tertiary/aromatic N) is 4. The van der Waals surface area contributed by atoms with Crippen molar-refractivity contribution < 1.29 is 22.5 Å². The van der Waals surface area contributed by atoms with Crippen molar-refractivity contribution in [3.63, 3.8) is 0 Å². The Kier molecular flexibility index (Phi) is 6.44. The summed E-state index contributed by atoms with van der Waals surface area (Å²) in [5.74, 6) is 0.171. The molecule has 2 fully saturated rings. The number of piperazine rings is 1. The lowest BCUT2D eigenvalue weighted by molar-refractivity contribution is 0.0793. The highest BCUT2D eigenvalue weighted by molar-refractivity contribution is 7.89. The second-order valence-corrected chi connectivity index (χ2v) is 10.3. The average molecular weight is 476 g/mol. The Morgan fingerprint density at radius 2 is 1.64 bits per heavy atom. The summed E-state index contributed by atoms with van der Waals surface area (Å²) in [4.78, 5) is 29.4. The van der Waals surface area contributed by atoms with Gasteiger partial charge in [0.2, 0.25) is 10.0 Å². The monoisotopic (exact) mass is 475 g/mol. The van der Waals surface area contributed by atoms with E-state index in [1.165, 1.54) is 4.31 Å². The van der Waals surface area contributed by atoms with Crippen molar-refractivity contribution in [3.05, 3.63) is 40.8 Å². The van der Waals surface area contributed by atoms with E-state index in [4.69, 9.17) is 4.52 Å². The highest BCUT2D eigenvalue weighted by atomic mass is 32.2. The van der Waals surface area contributed by atoms with Gasteiger partial charge < -0.3 is 19.6 Å². The van der Waals surface area contributed by atoms with Crippen LogP contribution in [0.4, 0.5) is 10.5 Å². The molecule has 0 atom stereocenters. The Balaban J connectivity index is 1.45. The van der Waals surface area contributed by atoms with Crippen LogP contribution in [0.3, 0.4) is 0 Å². The van der Waals surface area contributed by atoms with Gasteiger partial charge in [-0.25, -0.2) is 13.2 Å². The molecule has 2 aliphatic rings. The summed E-state index contributed by atoms with van der Waals surface area (Å²) in [6.45, 7) is 7.25. The first kappa shape index (κ1) is 23.2. The smallest absolute Gasteiger partial charge is 0.321 e. The van der Waals surface area contributed by atoms with E-state index in [1.54, 1.807) is 24.8 Å². The van der Waals surface area contributed by atoms with Crippen LogP contribution >= 0.6 is 0 Å². The van der Waals surface area contributed by atoms with Crippen molar-refractivity contribution in [3.8, 4) is 0 Å². The van der Waals surface area contributed by atoms with Gasteiger partial charge in [0.25, 0.3) is 5.91 Å². The Bertz CT molecular complexity index is 1140. The number of carbonyl (C=O) groups excluding carboxylic acids is 2. The number of aryl methyl sites for hydroxylation is 3. The lowest BCUT2D eigenvalue weighted by Gasteiger charge is -2.34. The lowest BCUT2D eigenvalue weighted by atomic mass is 10.1. The first-order valence-electron chi connectivity index (χ1n) is 11.1. The number of likely N-dealkylation sites (tertiary alicyclic amines) is 1. The van der Waals surface area contributed by atoms with Gasteiger partial charge in [0.15, 0.2) is 5.76 Å². The molecule has 0 bridgehead atoms. The summed E-state index contributed by atoms with van der Waals surface area (Å²) < 4.78 is 32.4. The van der Waals surface area contributed by atoms with Gasteiger partial charge in [-0.1, -0.05) is 17.3 Å². The zero-order chi connectivity index (χ0) is 23.8. The van der Waals surface area contributed by atoms with Crippen molar-refractivity contribution in [1.29, 1.82) is 0 Å². The van der Waals surface area contributed by atoms with Crippen LogP contribution < -0.4 is 5.32 Å². The number of amides is 3. The number of rotatable bonds is 4. The molecule has 0 spiro atoms. The van der Waals surface area contributed by atoms with Crippen molar-refractivity contribution in [2.24, 2.45) is 0 Å². The molecule has 3 amide bonds. The number of hydrogen-bond acceptors (Lipinski definition) is 6. The highest BCUT2D eigenvalue weighted by Gasteiger charge is 2.34. The van der Waals surface area contributed by atoms with Crippen molar-refractivity contribution in [2.75, 3.05) is 44.6 Å². The molecule has 2 saturated heterocycles. The molecular formula is C22H29N5O5S. The van der Waals surface area contributed by atoms with Crippen LogP contribution in [-0.2, 0) is 10.0 Å². The van der Waals surface area contributed by atoms with Gasteiger partial charge >= 0.3 is 6.03 Å². The van der Waals surface area contributed by atoms with E-state index < -0.39 is 10.0 Å². The second kappa shape index (κ2) is 9.14. The van der Waals surface area contributed by atoms with Crippen molar-refractivity contribution >= 4 is 27.6 Å². The number of aromatic nitrogens is 1. The van der Waals surface area contributed by atoms with Crippen LogP contribution in [0.1, 0.15) is 40.2 Å². The fourth-order valence-electron chi connectivity index (χ4n) is 4.39. The first-order valence-corrected chi connectivity index (χ1v) is 12.5. The number of hydrogen-bond donors (Lipinski definition) is 1. The molecule has 0 aliphatic carbocycles. The zero-order valence-electron chi connectivity index (χ0n) is 19.1. The topological polar surface area (TPSA) is 116 Å². The molecule has 1 aromatic heterocycles. The van der Waals surface area contributed by atoms with E-state index in [0.29, 0.717) is 16.9 Å². The van der Waals surface area contributed by atoms with Crippen LogP contribution in [0.25, 0.3) is 0 Å². The summed E-state index contributed by atoms with van der Waals surface area (Å²) >= 11 is 0. The number of para-hydroxylation sites is 1. The summed E-state index contributed by atoms with van der Waals surface area (Å²) in [5, 5.41) is 6.64. The summed E-state index contributed by atoms with van der Waals surface area (Å²) in [6.07, 6.45) is 1.97. The fraction of sp³-hybridized carbons (Fsp3) is 0.500. The molecule has 1 N–H and O–H groups in total. The number of nitrogens with one attached hydrogen (secondary N) is 1. The van der Waals surface area contributed by atoms with E-state index in [2.05, 4.69) is 10.5 Å². The molecular weight excluding hydrogens is 446 g/mol. The lowest BCUT2D eigenvalue weighted by Crippen LogP contribution is -2.51. The van der Waals surface area contributed by atoms with Crippen molar-refractivity contribution in [2.45, 2.75) is 38.5 Å². The molecule has 178 valence electrons. The Labute approximate surface area is 193 Å². The molecule has 2 aromatic rings. The predicted octanol–water partition coefficient (Wildman–Crippen LogP) is 2.37. The maximum atomic E-state index is 13.0. The van der Waals surface area contributed by atoms with E-state index in [-0.39, 0.29) is 48.8 Å². The maximum Gasteiger partial charge on any atom is 0.321 e. The molecule has 0 unspecified atom stereocenters. The second-order valence-electron chi connectivity index (χ2n) is 8.47. The first-order chi connectivity index (χ1) is 15.7. The molecule has 0 radical (unpaired) electrons. The zero-order valence-corrected chi connectivity index (χ0v) is 19.9. The quantitative estimate of drug-likeness (QED) is 0.726. The minimum Gasteiger partial charge on any atom is -0.360 e. The minimum atomic E-state index is -3.75. The highest BCUT2D eigenvalue weighted by Crippen LogP contribution is 2.26. The van der Waals surface area contributed by atoms with Crippen LogP contribution in [0.15, 0.2) is 27.6 Å². The summed E-state index contributed by atoms with van der Waals surface area (Å²) in [5.41, 5.74) is 2.10. The van der Waals surface area contributed by atoms with E-state index in [1.807, 2.05) is 24.0 Å². The van der Waals surface area contributed by atoms with E-state index in [0.717, 1.165) is 31.5 Å². The van der Waals surface area contributed by atoms with Gasteiger partial charge in [-0.2, -0.15) is 4.31 Å². The SMILES string of the molecule is Cc1cccc(C(=O)N2CCCC2)c1NC(=O)N1CCN(S(=O)(=O)c2c(C)noc2C)CC1. The van der Waals surface area contributed by atoms with Gasteiger partial charge in [-0.15, -0.1) is 0 Å². The van der Waals surface area contributed by atoms with Crippen LogP contribution in [-0.4, -0.2) is 78.9 Å². The molecule has 11 heteroatoms. The number of anilines is 1. The van der Waals surface area contributed by atoms with Gasteiger partial charge in [0.1, 0.15) is 10.6 Å². The third-order valence-corrected chi connectivity index (χ3v) is 8.36. The van der Waals surface area contributed by atoms with Crippen LogP contribution in [0, 0.1) is 20.8 Å². The average Bonchev–Trinajstić information content (AvgIpc) is 3.44. The normalized spacial score (nSPS) is 17.4. The number of urea groups is 1. The Morgan fingerprint density at radius 3 is 2.24 bits per heavy atom. The van der Waals surface area contributed by atoms with Crippen LogP contribution in [0.2, 0.25) is 0 Å². The number of sulfonamides is 1. The molecule has 1 aromatic carbocycles. The summed E-state index contributed by atoms with van der Waals surface area (Å²) in [6, 6.07) is 5.04. The third-order valence-electron chi connectivity index (χ3n) is 6.22. The van der Waals surface area contributed by atoms with Gasteiger partial charge in [-0.3, -0.25) is 4.79 Å². The van der Waals surface area contributed by atoms with Crippen molar-refractivity contribution in [1.82, 2.24) is 19.3 Å². The predicted molar refractivity (Wildman–Crippen MR) is 122 cm³/mol. The molecule has 4 rings (SSSR count). The van der Waals surface area contributed by atoms with E-state index >= 15 is 0 Å². The third kappa shape index (κ3) is 4.47. The van der Waals surface area contributed by atoms with Gasteiger partial charge in [0.05, 0.1) is 11.3 Å². The molecule has 33 heavy (non-hydrogen) atoms. The molecule has 10 nitrogen and oxygen atoms in total. The molecule has 3 heterocycles. The maximum absolute atomic E-state index is 13.0. The number of carbonyl (C=O) groups is 2. The van der Waals surface area contributed by atoms with Gasteiger partial charge in [-0.05, 0) is 45.2 Å². The molecule has 2 aliphatic heterocycles.